The molecule has 0 saturated carbocycles. The lowest BCUT2D eigenvalue weighted by Gasteiger charge is -1.86. The van der Waals surface area contributed by atoms with Crippen LogP contribution in [-0.4, -0.2) is 19.9 Å². The van der Waals surface area contributed by atoms with Gasteiger partial charge in [-0.25, -0.2) is 15.0 Å². The average Bonchev–Trinajstić information content (AvgIpc) is 2.36. The summed E-state index contributed by atoms with van der Waals surface area (Å²) in [6, 6.07) is 0. The Morgan fingerprint density at radius 3 is 3.00 bits per heavy atom. The van der Waals surface area contributed by atoms with E-state index in [1.54, 1.807) is 0 Å². The number of halogens is 1. The lowest BCUT2D eigenvalue weighted by molar-refractivity contribution is 1.20. The summed E-state index contributed by atoms with van der Waals surface area (Å²) >= 11 is 5.68. The van der Waals surface area contributed by atoms with Crippen LogP contribution in [0.25, 0.3) is 11.2 Å². The van der Waals surface area contributed by atoms with Crippen molar-refractivity contribution >= 4 is 22.8 Å². The van der Waals surface area contributed by atoms with Crippen LogP contribution in [0.2, 0.25) is 5.15 Å². The summed E-state index contributed by atoms with van der Waals surface area (Å²) in [5, 5.41) is 0.405. The molecule has 50 valence electrons. The van der Waals surface area contributed by atoms with Crippen molar-refractivity contribution in [1.82, 2.24) is 19.9 Å². The molecule has 2 aromatic rings. The van der Waals surface area contributed by atoms with Crippen LogP contribution in [0, 0.1) is 0 Å². The van der Waals surface area contributed by atoms with Crippen molar-refractivity contribution in [3.63, 3.8) is 0 Å². The highest BCUT2D eigenvalue weighted by atomic mass is 35.5. The Balaban J connectivity index is 2.95. The Kier molecular flexibility index (Phi) is 1.07. The van der Waals surface area contributed by atoms with Gasteiger partial charge < -0.3 is 4.98 Å². The molecule has 0 saturated heterocycles. The van der Waals surface area contributed by atoms with E-state index in [0.717, 1.165) is 0 Å². The first-order valence-corrected chi connectivity index (χ1v) is 3.05. The monoisotopic (exact) mass is 155 g/mol. The predicted octanol–water partition coefficient (Wildman–Crippen LogP) is 1.01. The maximum absolute atomic E-state index is 5.68. The van der Waals surface area contributed by atoms with Crippen molar-refractivity contribution in [2.45, 2.75) is 0 Å². The molecule has 0 aromatic carbocycles. The molecule has 4 nitrogen and oxygen atoms in total. The molecule has 0 aliphatic rings. The van der Waals surface area contributed by atoms with Crippen LogP contribution in [0.1, 0.15) is 0 Å². The van der Waals surface area contributed by atoms with E-state index in [2.05, 4.69) is 19.9 Å². The first kappa shape index (κ1) is 5.61. The first-order valence-electron chi connectivity index (χ1n) is 2.67. The van der Waals surface area contributed by atoms with Crippen LogP contribution in [0.15, 0.2) is 12.7 Å². The maximum Gasteiger partial charge on any atom is 0.182 e. The smallest absolute Gasteiger partial charge is 0.182 e. The maximum atomic E-state index is 5.68. The van der Waals surface area contributed by atoms with E-state index < -0.39 is 0 Å². The molecule has 0 atom stereocenters. The fraction of sp³-hybridized carbons (Fsp3) is 0. The molecule has 2 rings (SSSR count). The first-order chi connectivity index (χ1) is 4.88. The molecule has 0 bridgehead atoms. The summed E-state index contributed by atoms with van der Waals surface area (Å²) in [5.41, 5.74) is 1.28. The quantitative estimate of drug-likeness (QED) is 0.578. The highest BCUT2D eigenvalue weighted by Crippen LogP contribution is 2.13. The molecule has 0 spiro atoms. The zero-order valence-corrected chi connectivity index (χ0v) is 5.63. The van der Waals surface area contributed by atoms with E-state index in [4.69, 9.17) is 11.6 Å². The van der Waals surface area contributed by atoms with Crippen molar-refractivity contribution in [2.24, 2.45) is 0 Å². The van der Waals surface area contributed by atoms with E-state index in [1.807, 2.05) is 0 Å². The van der Waals surface area contributed by atoms with Crippen LogP contribution in [0.4, 0.5) is 0 Å². The van der Waals surface area contributed by atoms with Crippen molar-refractivity contribution < 1.29 is 0 Å². The minimum atomic E-state index is 0.405. The lowest BCUT2D eigenvalue weighted by Crippen LogP contribution is -1.80. The molecule has 2 heterocycles. The number of hydrogen-bond acceptors (Lipinski definition) is 3. The zero-order valence-electron chi connectivity index (χ0n) is 4.87. The summed E-state index contributed by atoms with van der Waals surface area (Å²) in [7, 11) is 0. The topological polar surface area (TPSA) is 54.5 Å². The molecule has 0 aliphatic carbocycles. The molecular weight excluding hydrogens is 153 g/mol. The molecule has 10 heavy (non-hydrogen) atoms. The minimum Gasteiger partial charge on any atom is -0.341 e. The highest BCUT2D eigenvalue weighted by Gasteiger charge is 2.00. The fourth-order valence-corrected chi connectivity index (χ4v) is 0.918. The second-order valence-corrected chi connectivity index (χ2v) is 2.12. The zero-order chi connectivity index (χ0) is 6.97. The van der Waals surface area contributed by atoms with Gasteiger partial charge in [0.05, 0.1) is 6.33 Å². The highest BCUT2D eigenvalue weighted by molar-refractivity contribution is 6.33. The molecule has 0 radical (unpaired) electrons. The minimum absolute atomic E-state index is 0.405. The Labute approximate surface area is 61.3 Å². The van der Waals surface area contributed by atoms with Crippen LogP contribution in [0.5, 0.6) is 0 Å². The number of imidazole rings is 1. The van der Waals surface area contributed by atoms with Crippen molar-refractivity contribution in [2.75, 3.05) is 0 Å². The Bertz CT molecular complexity index is 355. The summed E-state index contributed by atoms with van der Waals surface area (Å²) in [4.78, 5) is 14.3. The SMILES string of the molecule is Clc1ncnc2nc[15nH]c12. The van der Waals surface area contributed by atoms with E-state index in [9.17, 15) is 0 Å². The molecule has 0 fully saturated rings. The standard InChI is InChI=1S/C5H3ClN4/c6-4-3-5(9-1-7-3)10-2-8-4/h1-2H,(H,7,8,9,10)/i7+1. The van der Waals surface area contributed by atoms with Gasteiger partial charge in [-0.2, -0.15) is 0 Å². The Hall–Kier alpha value is -1.16. The number of aromatic amines is 1. The third kappa shape index (κ3) is 0.657. The van der Waals surface area contributed by atoms with Gasteiger partial charge >= 0.3 is 0 Å². The van der Waals surface area contributed by atoms with Crippen LogP contribution in [0.3, 0.4) is 0 Å². The third-order valence-corrected chi connectivity index (χ3v) is 1.46. The van der Waals surface area contributed by atoms with Gasteiger partial charge in [-0.1, -0.05) is 11.6 Å². The number of H-pyrrole nitrogens is 1. The fourth-order valence-electron chi connectivity index (χ4n) is 0.736. The normalized spacial score (nSPS) is 10.5. The predicted molar refractivity (Wildman–Crippen MR) is 36.7 cm³/mol. The number of nitrogens with one attached hydrogen (secondary N) is 1. The summed E-state index contributed by atoms with van der Waals surface area (Å²) in [6.07, 6.45) is 2.91. The van der Waals surface area contributed by atoms with Crippen LogP contribution in [-0.2, 0) is 0 Å². The Morgan fingerprint density at radius 1 is 1.30 bits per heavy atom. The summed E-state index contributed by atoms with van der Waals surface area (Å²) < 4.78 is 0. The van der Waals surface area contributed by atoms with Gasteiger partial charge in [-0.15, -0.1) is 0 Å². The molecular formula is C5H3ClN4. The number of fused-ring (bicyclic) bond motifs is 1. The Morgan fingerprint density at radius 2 is 2.20 bits per heavy atom. The van der Waals surface area contributed by atoms with E-state index in [-0.39, 0.29) is 0 Å². The van der Waals surface area contributed by atoms with E-state index in [0.29, 0.717) is 16.3 Å². The van der Waals surface area contributed by atoms with Gasteiger partial charge in [0.15, 0.2) is 10.8 Å². The van der Waals surface area contributed by atoms with E-state index >= 15 is 0 Å². The van der Waals surface area contributed by atoms with Crippen molar-refractivity contribution in [3.05, 3.63) is 17.8 Å². The van der Waals surface area contributed by atoms with Crippen LogP contribution >= 0.6 is 11.6 Å². The molecule has 0 aliphatic heterocycles. The largest absolute Gasteiger partial charge is 0.341 e. The van der Waals surface area contributed by atoms with Gasteiger partial charge in [0.25, 0.3) is 0 Å². The number of nitrogens with zero attached hydrogens (tertiary/aromatic N) is 3. The summed E-state index contributed by atoms with van der Waals surface area (Å²) in [5.74, 6) is 0. The molecule has 1 N–H and O–H groups in total. The van der Waals surface area contributed by atoms with E-state index in [1.165, 1.54) is 12.7 Å². The van der Waals surface area contributed by atoms with Gasteiger partial charge in [0.1, 0.15) is 11.8 Å². The number of hydrogen-bond donors (Lipinski definition) is 1. The number of rotatable bonds is 0. The van der Waals surface area contributed by atoms with Crippen molar-refractivity contribution in [3.8, 4) is 0 Å². The molecule has 0 amide bonds. The van der Waals surface area contributed by atoms with Gasteiger partial charge in [0, 0.05) is 0 Å². The van der Waals surface area contributed by atoms with Crippen molar-refractivity contribution in [1.29, 1.82) is 0 Å². The average molecular weight is 156 g/mol. The molecule has 5 heteroatoms. The molecule has 0 unspecified atom stereocenters. The molecule has 2 aromatic heterocycles. The second kappa shape index (κ2) is 1.91. The third-order valence-electron chi connectivity index (χ3n) is 1.18. The second-order valence-electron chi connectivity index (χ2n) is 1.77. The van der Waals surface area contributed by atoms with Crippen LogP contribution < -0.4 is 0 Å². The lowest BCUT2D eigenvalue weighted by atomic mass is 10.6. The van der Waals surface area contributed by atoms with Gasteiger partial charge in [-0.05, 0) is 0 Å². The number of aromatic nitrogens is 4. The van der Waals surface area contributed by atoms with Gasteiger partial charge in [0.2, 0.25) is 0 Å². The summed E-state index contributed by atoms with van der Waals surface area (Å²) in [6.45, 7) is 0. The van der Waals surface area contributed by atoms with Gasteiger partial charge in [-0.3, -0.25) is 0 Å².